The molecule has 2 rings (SSSR count). The van der Waals surface area contributed by atoms with Crippen LogP contribution in [0, 0.1) is 11.8 Å². The fourth-order valence-corrected chi connectivity index (χ4v) is 2.57. The van der Waals surface area contributed by atoms with Gasteiger partial charge in [-0.3, -0.25) is 4.79 Å². The Morgan fingerprint density at radius 3 is 3.16 bits per heavy atom. The number of rotatable bonds is 5. The normalized spacial score (nSPS) is 19.9. The van der Waals surface area contributed by atoms with E-state index >= 15 is 0 Å². The maximum atomic E-state index is 11.8. The molecule has 1 aliphatic rings. The van der Waals surface area contributed by atoms with Crippen molar-refractivity contribution in [1.29, 1.82) is 0 Å². The first-order valence-electron chi connectivity index (χ1n) is 7.16. The van der Waals surface area contributed by atoms with E-state index in [0.29, 0.717) is 17.7 Å². The molecule has 1 aromatic rings. The number of nitrogens with one attached hydrogen (secondary N) is 2. The summed E-state index contributed by atoms with van der Waals surface area (Å²) in [6.45, 7) is 8.37. The predicted octanol–water partition coefficient (Wildman–Crippen LogP) is 1.23. The molecule has 5 heteroatoms. The fraction of sp³-hybridized carbons (Fsp3) is 0.714. The largest absolute Gasteiger partial charge is 0.352 e. The molecule has 1 fully saturated rings. The quantitative estimate of drug-likeness (QED) is 0.840. The minimum atomic E-state index is -0.0849. The van der Waals surface area contributed by atoms with E-state index in [-0.39, 0.29) is 5.56 Å². The van der Waals surface area contributed by atoms with Crippen LogP contribution in [0.15, 0.2) is 17.2 Å². The highest BCUT2D eigenvalue weighted by molar-refractivity contribution is 5.35. The number of hydrogen-bond donors (Lipinski definition) is 2. The van der Waals surface area contributed by atoms with Gasteiger partial charge in [0.2, 0.25) is 0 Å². The van der Waals surface area contributed by atoms with Crippen molar-refractivity contribution in [1.82, 2.24) is 15.3 Å². The third-order valence-electron chi connectivity index (χ3n) is 3.49. The van der Waals surface area contributed by atoms with Gasteiger partial charge in [-0.1, -0.05) is 13.8 Å². The molecule has 5 nitrogen and oxygen atoms in total. The first-order valence-corrected chi connectivity index (χ1v) is 7.16. The second-order valence-corrected chi connectivity index (χ2v) is 5.75. The zero-order valence-corrected chi connectivity index (χ0v) is 11.9. The van der Waals surface area contributed by atoms with Crippen molar-refractivity contribution < 1.29 is 0 Å². The average molecular weight is 264 g/mol. The number of piperidine rings is 1. The van der Waals surface area contributed by atoms with Gasteiger partial charge in [0, 0.05) is 25.5 Å². The van der Waals surface area contributed by atoms with E-state index in [1.54, 1.807) is 12.4 Å². The van der Waals surface area contributed by atoms with Gasteiger partial charge < -0.3 is 15.2 Å². The minimum Gasteiger partial charge on any atom is -0.352 e. The first-order chi connectivity index (χ1) is 9.16. The Morgan fingerprint density at radius 2 is 2.42 bits per heavy atom. The smallest absolute Gasteiger partial charge is 0.290 e. The molecule has 1 aromatic heterocycles. The van der Waals surface area contributed by atoms with Gasteiger partial charge >= 0.3 is 0 Å². The van der Waals surface area contributed by atoms with Crippen molar-refractivity contribution in [2.75, 3.05) is 31.1 Å². The summed E-state index contributed by atoms with van der Waals surface area (Å²) < 4.78 is 0. The molecule has 1 atom stereocenters. The van der Waals surface area contributed by atoms with Crippen LogP contribution in [-0.2, 0) is 0 Å². The lowest BCUT2D eigenvalue weighted by Crippen LogP contribution is -2.42. The monoisotopic (exact) mass is 264 g/mol. The molecule has 0 spiro atoms. The van der Waals surface area contributed by atoms with E-state index < -0.39 is 0 Å². The summed E-state index contributed by atoms with van der Waals surface area (Å²) in [4.78, 5) is 20.8. The van der Waals surface area contributed by atoms with E-state index in [1.807, 2.05) is 0 Å². The maximum Gasteiger partial charge on any atom is 0.290 e. The lowest BCUT2D eigenvalue weighted by Gasteiger charge is -2.33. The Bertz CT molecular complexity index is 443. The highest BCUT2D eigenvalue weighted by atomic mass is 16.1. The molecule has 0 bridgehead atoms. The molecule has 1 aliphatic heterocycles. The molecule has 1 unspecified atom stereocenters. The number of H-pyrrole nitrogens is 1. The zero-order valence-electron chi connectivity index (χ0n) is 11.9. The average Bonchev–Trinajstić information content (AvgIpc) is 2.39. The molecule has 0 radical (unpaired) electrons. The Hall–Kier alpha value is -1.36. The van der Waals surface area contributed by atoms with Gasteiger partial charge in [-0.25, -0.2) is 4.98 Å². The van der Waals surface area contributed by atoms with Gasteiger partial charge in [0.15, 0.2) is 5.82 Å². The summed E-state index contributed by atoms with van der Waals surface area (Å²) in [5.41, 5.74) is -0.0849. The van der Waals surface area contributed by atoms with Crippen LogP contribution in [0.1, 0.15) is 26.7 Å². The third kappa shape index (κ3) is 4.06. The van der Waals surface area contributed by atoms with Crippen molar-refractivity contribution in [3.05, 3.63) is 22.7 Å². The predicted molar refractivity (Wildman–Crippen MR) is 77.5 cm³/mol. The fourth-order valence-electron chi connectivity index (χ4n) is 2.57. The topological polar surface area (TPSA) is 61.0 Å². The molecule has 2 N–H and O–H groups in total. The highest BCUT2D eigenvalue weighted by Gasteiger charge is 2.22. The van der Waals surface area contributed by atoms with Crippen LogP contribution in [0.4, 0.5) is 5.82 Å². The molecule has 19 heavy (non-hydrogen) atoms. The van der Waals surface area contributed by atoms with Gasteiger partial charge in [0.25, 0.3) is 5.56 Å². The van der Waals surface area contributed by atoms with Gasteiger partial charge in [0.1, 0.15) is 0 Å². The second kappa shape index (κ2) is 6.70. The summed E-state index contributed by atoms with van der Waals surface area (Å²) in [5.74, 6) is 1.85. The number of aromatic amines is 1. The first kappa shape index (κ1) is 14.1. The molecular formula is C14H24N4O. The van der Waals surface area contributed by atoms with Gasteiger partial charge in [-0.05, 0) is 37.8 Å². The summed E-state index contributed by atoms with van der Waals surface area (Å²) in [6.07, 6.45) is 5.59. The number of hydrogen-bond acceptors (Lipinski definition) is 4. The van der Waals surface area contributed by atoms with Crippen LogP contribution in [0.2, 0.25) is 0 Å². The van der Waals surface area contributed by atoms with Crippen LogP contribution < -0.4 is 15.8 Å². The van der Waals surface area contributed by atoms with Crippen molar-refractivity contribution >= 4 is 5.82 Å². The van der Waals surface area contributed by atoms with E-state index in [1.165, 1.54) is 6.42 Å². The van der Waals surface area contributed by atoms with E-state index in [2.05, 4.69) is 34.0 Å². The van der Waals surface area contributed by atoms with Crippen LogP contribution in [0.3, 0.4) is 0 Å². The molecule has 0 amide bonds. The van der Waals surface area contributed by atoms with Gasteiger partial charge in [-0.15, -0.1) is 0 Å². The molecule has 0 aliphatic carbocycles. The third-order valence-corrected chi connectivity index (χ3v) is 3.49. The number of nitrogens with zero attached hydrogens (tertiary/aromatic N) is 2. The molecule has 2 heterocycles. The Kier molecular flexibility index (Phi) is 4.96. The molecule has 1 saturated heterocycles. The van der Waals surface area contributed by atoms with E-state index in [9.17, 15) is 4.79 Å². The summed E-state index contributed by atoms with van der Waals surface area (Å²) in [7, 11) is 0. The molecule has 0 aromatic carbocycles. The Labute approximate surface area is 114 Å². The zero-order chi connectivity index (χ0) is 13.7. The van der Waals surface area contributed by atoms with Crippen molar-refractivity contribution in [3.63, 3.8) is 0 Å². The van der Waals surface area contributed by atoms with E-state index in [4.69, 9.17) is 0 Å². The van der Waals surface area contributed by atoms with Crippen LogP contribution >= 0.6 is 0 Å². The number of anilines is 1. The lowest BCUT2D eigenvalue weighted by molar-refractivity contribution is 0.380. The standard InChI is InChI=1S/C14H24N4O/c1-11(2)8-15-9-12-4-3-7-18(10-12)13-14(19)17-6-5-16-13/h5-6,11-12,15H,3-4,7-10H2,1-2H3,(H,17,19). The van der Waals surface area contributed by atoms with Gasteiger partial charge in [0.05, 0.1) is 0 Å². The second-order valence-electron chi connectivity index (χ2n) is 5.75. The SMILES string of the molecule is CC(C)CNCC1CCCN(c2ncc[nH]c2=O)C1. The molecular weight excluding hydrogens is 240 g/mol. The maximum absolute atomic E-state index is 11.8. The molecule has 0 saturated carbocycles. The van der Waals surface area contributed by atoms with Crippen LogP contribution in [-0.4, -0.2) is 36.1 Å². The highest BCUT2D eigenvalue weighted by Crippen LogP contribution is 2.18. The van der Waals surface area contributed by atoms with E-state index in [0.717, 1.165) is 32.6 Å². The minimum absolute atomic E-state index is 0.0849. The molecule has 106 valence electrons. The van der Waals surface area contributed by atoms with Crippen molar-refractivity contribution in [2.24, 2.45) is 11.8 Å². The van der Waals surface area contributed by atoms with Crippen LogP contribution in [0.5, 0.6) is 0 Å². The van der Waals surface area contributed by atoms with Crippen LogP contribution in [0.25, 0.3) is 0 Å². The lowest BCUT2D eigenvalue weighted by atomic mass is 9.98. The number of aromatic nitrogens is 2. The summed E-state index contributed by atoms with van der Waals surface area (Å²) >= 11 is 0. The summed E-state index contributed by atoms with van der Waals surface area (Å²) in [5, 5.41) is 3.51. The van der Waals surface area contributed by atoms with Crippen molar-refractivity contribution in [3.8, 4) is 0 Å². The Balaban J connectivity index is 1.90. The summed E-state index contributed by atoms with van der Waals surface area (Å²) in [6, 6.07) is 0. The Morgan fingerprint density at radius 1 is 1.58 bits per heavy atom. The van der Waals surface area contributed by atoms with Crippen molar-refractivity contribution in [2.45, 2.75) is 26.7 Å². The van der Waals surface area contributed by atoms with Gasteiger partial charge in [-0.2, -0.15) is 0 Å².